The molecule has 0 spiro atoms. The van der Waals surface area contributed by atoms with E-state index in [4.69, 9.17) is 10.5 Å². The van der Waals surface area contributed by atoms with Gasteiger partial charge in [0, 0.05) is 10.9 Å². The van der Waals surface area contributed by atoms with Gasteiger partial charge in [-0.1, -0.05) is 23.4 Å². The summed E-state index contributed by atoms with van der Waals surface area (Å²) in [6.07, 6.45) is 0. The Bertz CT molecular complexity index is 1010. The van der Waals surface area contributed by atoms with E-state index < -0.39 is 0 Å². The predicted molar refractivity (Wildman–Crippen MR) is 103 cm³/mol. The minimum atomic E-state index is 0.476. The molecule has 2 heterocycles. The lowest BCUT2D eigenvalue weighted by Gasteiger charge is -2.03. The van der Waals surface area contributed by atoms with Crippen molar-refractivity contribution in [2.75, 3.05) is 12.3 Å². The molecule has 0 atom stereocenters. The van der Waals surface area contributed by atoms with Crippen LogP contribution < -0.4 is 10.5 Å². The molecule has 0 unspecified atom stereocenters. The molecular weight excluding hydrogens is 346 g/mol. The summed E-state index contributed by atoms with van der Waals surface area (Å²) < 4.78 is 7.09. The molecule has 0 saturated heterocycles. The number of thiazole rings is 1. The predicted octanol–water partition coefficient (Wildman–Crippen LogP) is 4.04. The Kier molecular flexibility index (Phi) is 4.37. The first-order valence-corrected chi connectivity index (χ1v) is 9.10. The lowest BCUT2D eigenvalue weighted by molar-refractivity contribution is 0.340. The van der Waals surface area contributed by atoms with E-state index in [1.165, 1.54) is 11.3 Å². The van der Waals surface area contributed by atoms with Gasteiger partial charge in [0.05, 0.1) is 18.0 Å². The molecule has 0 bridgehead atoms. The molecule has 6 nitrogen and oxygen atoms in total. The third-order valence-electron chi connectivity index (χ3n) is 3.87. The number of ether oxygens (including phenoxy) is 1. The molecule has 0 aliphatic carbocycles. The number of aromatic nitrogens is 4. The number of benzene rings is 2. The molecule has 4 rings (SSSR count). The second kappa shape index (κ2) is 6.97. The molecule has 0 aliphatic heterocycles. The third-order valence-corrected chi connectivity index (χ3v) is 4.72. The molecule has 0 saturated carbocycles. The molecular formula is C19H17N5OS. The molecule has 26 heavy (non-hydrogen) atoms. The Morgan fingerprint density at radius 1 is 1.08 bits per heavy atom. The number of para-hydroxylation sites is 1. The van der Waals surface area contributed by atoms with Crippen LogP contribution in [0.5, 0.6) is 5.75 Å². The Morgan fingerprint density at radius 3 is 2.58 bits per heavy atom. The summed E-state index contributed by atoms with van der Waals surface area (Å²) in [5.41, 5.74) is 9.61. The monoisotopic (exact) mass is 363 g/mol. The van der Waals surface area contributed by atoms with E-state index in [0.29, 0.717) is 18.1 Å². The largest absolute Gasteiger partial charge is 0.494 e. The third kappa shape index (κ3) is 3.04. The van der Waals surface area contributed by atoms with Crippen LogP contribution >= 0.6 is 11.3 Å². The number of hydrogen-bond donors (Lipinski definition) is 1. The van der Waals surface area contributed by atoms with Crippen LogP contribution in [0, 0.1) is 0 Å². The molecule has 0 amide bonds. The smallest absolute Gasteiger partial charge is 0.165 e. The van der Waals surface area contributed by atoms with Crippen LogP contribution in [0.1, 0.15) is 6.92 Å². The fourth-order valence-corrected chi connectivity index (χ4v) is 3.43. The zero-order chi connectivity index (χ0) is 17.9. The summed E-state index contributed by atoms with van der Waals surface area (Å²) >= 11 is 1.50. The number of hydrogen-bond acceptors (Lipinski definition) is 6. The van der Waals surface area contributed by atoms with Gasteiger partial charge in [0.15, 0.2) is 11.5 Å². The first-order chi connectivity index (χ1) is 12.8. The van der Waals surface area contributed by atoms with Gasteiger partial charge in [0.2, 0.25) is 0 Å². The minimum absolute atomic E-state index is 0.476. The van der Waals surface area contributed by atoms with Crippen LogP contribution in [0.4, 0.5) is 5.82 Å². The van der Waals surface area contributed by atoms with E-state index in [2.05, 4.69) is 15.3 Å². The van der Waals surface area contributed by atoms with Crippen molar-refractivity contribution >= 4 is 17.2 Å². The summed E-state index contributed by atoms with van der Waals surface area (Å²) in [6.45, 7) is 2.62. The van der Waals surface area contributed by atoms with Crippen molar-refractivity contribution in [2.24, 2.45) is 0 Å². The van der Waals surface area contributed by atoms with E-state index in [1.54, 1.807) is 4.68 Å². The Labute approximate surface area is 154 Å². The highest BCUT2D eigenvalue weighted by Crippen LogP contribution is 2.32. The number of rotatable bonds is 5. The number of nitrogens with zero attached hydrogens (tertiary/aromatic N) is 4. The lowest BCUT2D eigenvalue weighted by atomic mass is 10.2. The van der Waals surface area contributed by atoms with Gasteiger partial charge in [-0.15, -0.1) is 16.4 Å². The molecule has 2 aromatic heterocycles. The maximum absolute atomic E-state index is 6.26. The van der Waals surface area contributed by atoms with Gasteiger partial charge in [-0.05, 0) is 43.3 Å². The first-order valence-electron chi connectivity index (χ1n) is 8.22. The zero-order valence-corrected chi connectivity index (χ0v) is 15.0. The molecule has 2 N–H and O–H groups in total. The number of nitrogen functional groups attached to an aromatic ring is 1. The standard InChI is InChI=1S/C19H17N5OS/c1-2-25-15-10-8-13(9-11-15)16-12-26-19(21-16)17-18(20)24(23-22-17)14-6-4-3-5-7-14/h3-12H,2,20H2,1H3. The quantitative estimate of drug-likeness (QED) is 0.579. The van der Waals surface area contributed by atoms with Gasteiger partial charge >= 0.3 is 0 Å². The molecule has 130 valence electrons. The SMILES string of the molecule is CCOc1ccc(-c2csc(-c3nnn(-c4ccccc4)c3N)n2)cc1. The van der Waals surface area contributed by atoms with Gasteiger partial charge in [-0.3, -0.25) is 0 Å². The highest BCUT2D eigenvalue weighted by Gasteiger charge is 2.16. The van der Waals surface area contributed by atoms with E-state index in [0.717, 1.165) is 27.7 Å². The van der Waals surface area contributed by atoms with Crippen molar-refractivity contribution in [2.45, 2.75) is 6.92 Å². The Morgan fingerprint density at radius 2 is 1.85 bits per heavy atom. The van der Waals surface area contributed by atoms with E-state index in [1.807, 2.05) is 66.9 Å². The highest BCUT2D eigenvalue weighted by atomic mass is 32.1. The van der Waals surface area contributed by atoms with Crippen molar-refractivity contribution in [1.29, 1.82) is 0 Å². The van der Waals surface area contributed by atoms with Crippen LogP contribution in [0.3, 0.4) is 0 Å². The molecule has 4 aromatic rings. The topological polar surface area (TPSA) is 78.9 Å². The van der Waals surface area contributed by atoms with Crippen LogP contribution in [0.15, 0.2) is 60.0 Å². The van der Waals surface area contributed by atoms with Gasteiger partial charge in [0.25, 0.3) is 0 Å². The van der Waals surface area contributed by atoms with Crippen LogP contribution in [-0.2, 0) is 0 Å². The summed E-state index contributed by atoms with van der Waals surface area (Å²) in [5, 5.41) is 11.1. The van der Waals surface area contributed by atoms with E-state index in [9.17, 15) is 0 Å². The minimum Gasteiger partial charge on any atom is -0.494 e. The van der Waals surface area contributed by atoms with Gasteiger partial charge in [-0.25, -0.2) is 4.98 Å². The Balaban J connectivity index is 1.63. The fraction of sp³-hybridized carbons (Fsp3) is 0.105. The lowest BCUT2D eigenvalue weighted by Crippen LogP contribution is -2.01. The zero-order valence-electron chi connectivity index (χ0n) is 14.2. The first kappa shape index (κ1) is 16.3. The average molecular weight is 363 g/mol. The summed E-state index contributed by atoms with van der Waals surface area (Å²) in [7, 11) is 0. The fourth-order valence-electron chi connectivity index (χ4n) is 2.61. The number of nitrogens with two attached hydrogens (primary N) is 1. The number of anilines is 1. The van der Waals surface area contributed by atoms with Crippen LogP contribution in [0.25, 0.3) is 27.6 Å². The summed E-state index contributed by atoms with van der Waals surface area (Å²) in [5.74, 6) is 1.32. The van der Waals surface area contributed by atoms with Crippen LogP contribution in [-0.4, -0.2) is 26.6 Å². The van der Waals surface area contributed by atoms with E-state index in [-0.39, 0.29) is 0 Å². The van der Waals surface area contributed by atoms with Crippen LogP contribution in [0.2, 0.25) is 0 Å². The second-order valence-corrected chi connectivity index (χ2v) is 6.42. The summed E-state index contributed by atoms with van der Waals surface area (Å²) in [4.78, 5) is 4.68. The maximum Gasteiger partial charge on any atom is 0.165 e. The van der Waals surface area contributed by atoms with E-state index >= 15 is 0 Å². The Hall–Kier alpha value is -3.19. The maximum atomic E-state index is 6.26. The molecule has 0 radical (unpaired) electrons. The van der Waals surface area contributed by atoms with Crippen molar-refractivity contribution in [1.82, 2.24) is 20.0 Å². The van der Waals surface area contributed by atoms with Gasteiger partial charge < -0.3 is 10.5 Å². The van der Waals surface area contributed by atoms with Crippen molar-refractivity contribution in [3.8, 4) is 33.4 Å². The molecule has 2 aromatic carbocycles. The average Bonchev–Trinajstić information content (AvgIpc) is 3.30. The van der Waals surface area contributed by atoms with Crippen molar-refractivity contribution in [3.63, 3.8) is 0 Å². The van der Waals surface area contributed by atoms with Gasteiger partial charge in [-0.2, -0.15) is 4.68 Å². The van der Waals surface area contributed by atoms with Gasteiger partial charge in [0.1, 0.15) is 10.8 Å². The normalized spacial score (nSPS) is 10.8. The highest BCUT2D eigenvalue weighted by molar-refractivity contribution is 7.13. The van der Waals surface area contributed by atoms with Crippen molar-refractivity contribution < 1.29 is 4.74 Å². The molecule has 0 fully saturated rings. The summed E-state index contributed by atoms with van der Waals surface area (Å²) in [6, 6.07) is 17.6. The van der Waals surface area contributed by atoms with Crippen molar-refractivity contribution in [3.05, 3.63) is 60.0 Å². The second-order valence-electron chi connectivity index (χ2n) is 5.57. The molecule has 7 heteroatoms. The molecule has 0 aliphatic rings.